The van der Waals surface area contributed by atoms with E-state index in [1.54, 1.807) is 23.7 Å². The molecule has 1 aliphatic carbocycles. The molecule has 2 aromatic rings. The van der Waals surface area contributed by atoms with Crippen molar-refractivity contribution in [2.24, 2.45) is 5.92 Å². The number of carbonyl (C=O) groups excluding carboxylic acids is 1. The zero-order chi connectivity index (χ0) is 18.0. The Labute approximate surface area is 144 Å². The second-order valence-electron chi connectivity index (χ2n) is 6.43. The molecule has 0 aliphatic heterocycles. The molecular weight excluding hydrogens is 325 g/mol. The smallest absolute Gasteiger partial charge is 0.303 e. The predicted molar refractivity (Wildman–Crippen MR) is 89.3 cm³/mol. The summed E-state index contributed by atoms with van der Waals surface area (Å²) in [6, 6.07) is 6.12. The van der Waals surface area contributed by atoms with Gasteiger partial charge >= 0.3 is 5.97 Å². The number of benzene rings is 1. The molecule has 3 rings (SSSR count). The number of carbonyl (C=O) groups is 2. The molecule has 1 amide bonds. The number of carboxylic acids is 1. The van der Waals surface area contributed by atoms with Crippen LogP contribution < -0.4 is 5.32 Å². The Kier molecular flexibility index (Phi) is 4.83. The van der Waals surface area contributed by atoms with Gasteiger partial charge in [0.25, 0.3) is 5.91 Å². The zero-order valence-corrected chi connectivity index (χ0v) is 14.0. The number of nitrogens with zero attached hydrogens (tertiary/aromatic N) is 2. The van der Waals surface area contributed by atoms with Crippen molar-refractivity contribution >= 4 is 11.9 Å². The Bertz CT molecular complexity index is 816. The summed E-state index contributed by atoms with van der Waals surface area (Å²) >= 11 is 0. The van der Waals surface area contributed by atoms with Gasteiger partial charge in [0, 0.05) is 24.2 Å². The van der Waals surface area contributed by atoms with E-state index in [-0.39, 0.29) is 30.6 Å². The molecule has 1 aliphatic rings. The van der Waals surface area contributed by atoms with Crippen LogP contribution in [0.4, 0.5) is 4.39 Å². The normalized spacial score (nSPS) is 14.2. The highest BCUT2D eigenvalue weighted by atomic mass is 19.1. The molecule has 1 aromatic heterocycles. The van der Waals surface area contributed by atoms with Gasteiger partial charge in [0.15, 0.2) is 5.69 Å². The first kappa shape index (κ1) is 17.1. The molecule has 1 atom stereocenters. The second kappa shape index (κ2) is 7.04. The highest BCUT2D eigenvalue weighted by molar-refractivity contribution is 5.94. The average Bonchev–Trinajstić information content (AvgIpc) is 3.14. The van der Waals surface area contributed by atoms with Gasteiger partial charge in [0.1, 0.15) is 5.82 Å². The molecular formula is C18H20FN3O3. The first-order valence-corrected chi connectivity index (χ1v) is 8.32. The van der Waals surface area contributed by atoms with Crippen LogP contribution in [0.25, 0.3) is 5.69 Å². The van der Waals surface area contributed by atoms with Crippen LogP contribution in [-0.2, 0) is 17.6 Å². The Morgan fingerprint density at radius 1 is 1.40 bits per heavy atom. The molecule has 0 spiro atoms. The highest BCUT2D eigenvalue weighted by Gasteiger charge is 2.27. The van der Waals surface area contributed by atoms with Crippen LogP contribution in [0, 0.1) is 11.7 Å². The molecule has 0 saturated heterocycles. The summed E-state index contributed by atoms with van der Waals surface area (Å²) in [5.41, 5.74) is 2.78. The SMILES string of the molecule is CC(CNC(=O)c1nn(-c2cccc(F)c2)c2c1CCC2)CC(=O)O. The lowest BCUT2D eigenvalue weighted by molar-refractivity contribution is -0.137. The Morgan fingerprint density at radius 2 is 2.20 bits per heavy atom. The predicted octanol–water partition coefficient (Wildman–Crippen LogP) is 2.34. The van der Waals surface area contributed by atoms with E-state index in [2.05, 4.69) is 10.4 Å². The van der Waals surface area contributed by atoms with Crippen LogP contribution >= 0.6 is 0 Å². The largest absolute Gasteiger partial charge is 0.481 e. The Morgan fingerprint density at radius 3 is 2.92 bits per heavy atom. The van der Waals surface area contributed by atoms with Gasteiger partial charge in [-0.2, -0.15) is 5.10 Å². The van der Waals surface area contributed by atoms with E-state index in [0.717, 1.165) is 30.5 Å². The molecule has 0 saturated carbocycles. The van der Waals surface area contributed by atoms with Crippen molar-refractivity contribution in [3.63, 3.8) is 0 Å². The molecule has 25 heavy (non-hydrogen) atoms. The number of hydrogen-bond donors (Lipinski definition) is 2. The number of fused-ring (bicyclic) bond motifs is 1. The third kappa shape index (κ3) is 3.70. The standard InChI is InChI=1S/C18H20FN3O3/c1-11(8-16(23)24)10-20-18(25)17-14-6-3-7-15(14)22(21-17)13-5-2-4-12(19)9-13/h2,4-5,9,11H,3,6-8,10H2,1H3,(H,20,25)(H,23,24). The topological polar surface area (TPSA) is 84.2 Å². The lowest BCUT2D eigenvalue weighted by Crippen LogP contribution is -2.30. The summed E-state index contributed by atoms with van der Waals surface area (Å²) in [4.78, 5) is 23.2. The minimum absolute atomic E-state index is 0.00385. The van der Waals surface area contributed by atoms with Crippen LogP contribution in [0.2, 0.25) is 0 Å². The van der Waals surface area contributed by atoms with Gasteiger partial charge in [0.2, 0.25) is 0 Å². The van der Waals surface area contributed by atoms with Crippen LogP contribution in [-0.4, -0.2) is 33.3 Å². The minimum Gasteiger partial charge on any atom is -0.481 e. The van der Waals surface area contributed by atoms with Crippen molar-refractivity contribution in [3.05, 3.63) is 47.0 Å². The van der Waals surface area contributed by atoms with Gasteiger partial charge in [-0.1, -0.05) is 13.0 Å². The van der Waals surface area contributed by atoms with E-state index in [4.69, 9.17) is 5.11 Å². The number of aliphatic carboxylic acids is 1. The molecule has 2 N–H and O–H groups in total. The van der Waals surface area contributed by atoms with Gasteiger partial charge in [-0.05, 0) is 43.4 Å². The van der Waals surface area contributed by atoms with Crippen molar-refractivity contribution in [3.8, 4) is 5.69 Å². The highest BCUT2D eigenvalue weighted by Crippen LogP contribution is 2.28. The number of carboxylic acid groups (broad SMARTS) is 1. The molecule has 132 valence electrons. The maximum atomic E-state index is 13.5. The Hall–Kier alpha value is -2.70. The van der Waals surface area contributed by atoms with Crippen LogP contribution in [0.5, 0.6) is 0 Å². The van der Waals surface area contributed by atoms with Crippen LogP contribution in [0.3, 0.4) is 0 Å². The van der Waals surface area contributed by atoms with Crippen molar-refractivity contribution in [1.29, 1.82) is 0 Å². The Balaban J connectivity index is 1.82. The van der Waals surface area contributed by atoms with E-state index in [1.165, 1.54) is 12.1 Å². The van der Waals surface area contributed by atoms with Crippen molar-refractivity contribution in [2.45, 2.75) is 32.6 Å². The fraction of sp³-hybridized carbons (Fsp3) is 0.389. The maximum Gasteiger partial charge on any atom is 0.303 e. The maximum absolute atomic E-state index is 13.5. The summed E-state index contributed by atoms with van der Waals surface area (Å²) in [5, 5.41) is 15.9. The van der Waals surface area contributed by atoms with E-state index in [0.29, 0.717) is 11.4 Å². The van der Waals surface area contributed by atoms with Gasteiger partial charge < -0.3 is 10.4 Å². The molecule has 6 nitrogen and oxygen atoms in total. The molecule has 1 aromatic carbocycles. The zero-order valence-electron chi connectivity index (χ0n) is 14.0. The first-order chi connectivity index (χ1) is 12.0. The number of amides is 1. The van der Waals surface area contributed by atoms with Gasteiger partial charge in [-0.25, -0.2) is 9.07 Å². The summed E-state index contributed by atoms with van der Waals surface area (Å²) in [6.07, 6.45) is 2.48. The summed E-state index contributed by atoms with van der Waals surface area (Å²) in [6.45, 7) is 2.04. The van der Waals surface area contributed by atoms with Gasteiger partial charge in [-0.15, -0.1) is 0 Å². The summed E-state index contributed by atoms with van der Waals surface area (Å²) in [5.74, 6) is -1.73. The lowest BCUT2D eigenvalue weighted by atomic mass is 10.1. The van der Waals surface area contributed by atoms with E-state index in [9.17, 15) is 14.0 Å². The number of hydrogen-bond acceptors (Lipinski definition) is 3. The summed E-state index contributed by atoms with van der Waals surface area (Å²) in [7, 11) is 0. The average molecular weight is 345 g/mol. The lowest BCUT2D eigenvalue weighted by Gasteiger charge is -2.09. The molecule has 1 heterocycles. The third-order valence-corrected chi connectivity index (χ3v) is 4.33. The molecule has 0 radical (unpaired) electrons. The van der Waals surface area contributed by atoms with Gasteiger partial charge in [0.05, 0.1) is 5.69 Å². The minimum atomic E-state index is -0.891. The monoisotopic (exact) mass is 345 g/mol. The van der Waals surface area contributed by atoms with E-state index < -0.39 is 5.97 Å². The number of aromatic nitrogens is 2. The number of rotatable bonds is 6. The van der Waals surface area contributed by atoms with E-state index >= 15 is 0 Å². The third-order valence-electron chi connectivity index (χ3n) is 4.33. The van der Waals surface area contributed by atoms with Crippen molar-refractivity contribution in [1.82, 2.24) is 15.1 Å². The van der Waals surface area contributed by atoms with Crippen molar-refractivity contribution in [2.75, 3.05) is 6.54 Å². The second-order valence-corrected chi connectivity index (χ2v) is 6.43. The van der Waals surface area contributed by atoms with Crippen LogP contribution in [0.1, 0.15) is 41.5 Å². The number of nitrogens with one attached hydrogen (secondary N) is 1. The van der Waals surface area contributed by atoms with Crippen molar-refractivity contribution < 1.29 is 19.1 Å². The van der Waals surface area contributed by atoms with Crippen LogP contribution in [0.15, 0.2) is 24.3 Å². The fourth-order valence-corrected chi connectivity index (χ4v) is 3.16. The molecule has 0 bridgehead atoms. The fourth-order valence-electron chi connectivity index (χ4n) is 3.16. The van der Waals surface area contributed by atoms with E-state index in [1.807, 2.05) is 0 Å². The molecule has 0 fully saturated rings. The number of halogens is 1. The molecule has 7 heteroatoms. The molecule has 1 unspecified atom stereocenters. The first-order valence-electron chi connectivity index (χ1n) is 8.32. The quantitative estimate of drug-likeness (QED) is 0.842. The summed E-state index contributed by atoms with van der Waals surface area (Å²) < 4.78 is 15.2. The van der Waals surface area contributed by atoms with Gasteiger partial charge in [-0.3, -0.25) is 9.59 Å².